The maximum Gasteiger partial charge on any atom is 0.410 e. The van der Waals surface area contributed by atoms with Crippen molar-refractivity contribution in [1.29, 1.82) is 5.26 Å². The lowest BCUT2D eigenvalue weighted by Crippen LogP contribution is -2.42. The lowest BCUT2D eigenvalue weighted by molar-refractivity contribution is 0.0180. The molecule has 1 aliphatic heterocycles. The van der Waals surface area contributed by atoms with E-state index in [1.807, 2.05) is 20.8 Å². The van der Waals surface area contributed by atoms with Gasteiger partial charge in [-0.05, 0) is 51.2 Å². The molecule has 1 heterocycles. The number of carbonyl (C=O) groups excluding carboxylic acids is 1. The van der Waals surface area contributed by atoms with Crippen molar-refractivity contribution in [3.8, 4) is 6.07 Å². The first-order chi connectivity index (χ1) is 11.2. The predicted octanol–water partition coefficient (Wildman–Crippen LogP) is 2.87. The van der Waals surface area contributed by atoms with E-state index in [9.17, 15) is 14.4 Å². The molecule has 0 bridgehead atoms. The van der Waals surface area contributed by atoms with Gasteiger partial charge in [0.2, 0.25) is 0 Å². The Hall–Kier alpha value is -2.03. The van der Waals surface area contributed by atoms with Gasteiger partial charge in [-0.3, -0.25) is 0 Å². The maximum absolute atomic E-state index is 13.7. The van der Waals surface area contributed by atoms with E-state index in [1.165, 1.54) is 12.1 Å². The summed E-state index contributed by atoms with van der Waals surface area (Å²) in [6, 6.07) is 6.80. The lowest BCUT2D eigenvalue weighted by atomic mass is 9.80. The fourth-order valence-electron chi connectivity index (χ4n) is 2.93. The van der Waals surface area contributed by atoms with Gasteiger partial charge in [0, 0.05) is 13.1 Å². The number of halogens is 1. The lowest BCUT2D eigenvalue weighted by Gasteiger charge is -2.35. The third kappa shape index (κ3) is 4.50. The van der Waals surface area contributed by atoms with Crippen molar-refractivity contribution in [3.05, 3.63) is 29.6 Å². The van der Waals surface area contributed by atoms with E-state index in [1.54, 1.807) is 11.0 Å². The van der Waals surface area contributed by atoms with E-state index >= 15 is 0 Å². The monoisotopic (exact) mass is 328 g/mol. The van der Waals surface area contributed by atoms with Gasteiger partial charge in [-0.15, -0.1) is 0 Å². The largest absolute Gasteiger partial charge is 0.444 e. The van der Waals surface area contributed by atoms with Gasteiger partial charge in [0.1, 0.15) is 19.3 Å². The zero-order valence-corrected chi connectivity index (χ0v) is 14.4. The van der Waals surface area contributed by atoms with E-state index in [-0.39, 0.29) is 17.5 Å². The van der Waals surface area contributed by atoms with Gasteiger partial charge in [0.05, 0.1) is 12.0 Å². The Labute approximate surface area is 144 Å². The second-order valence-electron chi connectivity index (χ2n) is 7.19. The first kappa shape index (κ1) is 18.3. The summed E-state index contributed by atoms with van der Waals surface area (Å²) >= 11 is 0. The topological polar surface area (TPSA) is 53.3 Å². The molecule has 1 aromatic carbocycles. The Bertz CT molecular complexity index is 643. The summed E-state index contributed by atoms with van der Waals surface area (Å²) in [7, 11) is 5.49. The van der Waals surface area contributed by atoms with Crippen molar-refractivity contribution in [3.63, 3.8) is 0 Å². The zero-order valence-electron chi connectivity index (χ0n) is 14.4. The molecule has 0 saturated carbocycles. The van der Waals surface area contributed by atoms with Crippen molar-refractivity contribution in [2.75, 3.05) is 13.1 Å². The molecule has 4 nitrogen and oxygen atoms in total. The molecule has 0 N–H and O–H groups in total. The molecule has 126 valence electrons. The van der Waals surface area contributed by atoms with Crippen LogP contribution in [0.2, 0.25) is 0 Å². The fraction of sp³-hybridized carbons (Fsp3) is 0.556. The highest BCUT2D eigenvalue weighted by Crippen LogP contribution is 2.32. The van der Waals surface area contributed by atoms with E-state index in [2.05, 4.69) is 6.07 Å². The summed E-state index contributed by atoms with van der Waals surface area (Å²) in [6.07, 6.45) is 1.04. The van der Waals surface area contributed by atoms with Crippen molar-refractivity contribution in [2.24, 2.45) is 5.92 Å². The van der Waals surface area contributed by atoms with Crippen LogP contribution in [0.1, 0.15) is 45.1 Å². The van der Waals surface area contributed by atoms with Crippen LogP contribution in [0.4, 0.5) is 9.18 Å². The van der Waals surface area contributed by atoms with E-state index in [0.29, 0.717) is 31.5 Å². The molecule has 1 atom stereocenters. The van der Waals surface area contributed by atoms with Crippen LogP contribution in [-0.4, -0.2) is 37.5 Å². The Morgan fingerprint density at radius 2 is 2.04 bits per heavy atom. The number of benzene rings is 1. The summed E-state index contributed by atoms with van der Waals surface area (Å²) in [4.78, 5) is 13.8. The van der Waals surface area contributed by atoms with E-state index < -0.39 is 17.3 Å². The fourth-order valence-corrected chi connectivity index (χ4v) is 2.93. The Morgan fingerprint density at radius 3 is 2.54 bits per heavy atom. The molecule has 1 fully saturated rings. The van der Waals surface area contributed by atoms with E-state index in [0.717, 1.165) is 0 Å². The van der Waals surface area contributed by atoms with Gasteiger partial charge in [-0.25, -0.2) is 9.18 Å². The highest BCUT2D eigenvalue weighted by molar-refractivity contribution is 6.32. The summed E-state index contributed by atoms with van der Waals surface area (Å²) in [5.41, 5.74) is 0.194. The van der Waals surface area contributed by atoms with Gasteiger partial charge in [-0.2, -0.15) is 5.26 Å². The van der Waals surface area contributed by atoms with Gasteiger partial charge in [-0.1, -0.05) is 17.6 Å². The minimum atomic E-state index is -0.523. The number of piperidine rings is 1. The Morgan fingerprint density at radius 1 is 1.42 bits per heavy atom. The van der Waals surface area contributed by atoms with Crippen LogP contribution >= 0.6 is 0 Å². The quantitative estimate of drug-likeness (QED) is 0.785. The third-order valence-corrected chi connectivity index (χ3v) is 4.19. The molecule has 6 heteroatoms. The first-order valence-corrected chi connectivity index (χ1v) is 8.13. The van der Waals surface area contributed by atoms with Crippen LogP contribution in [0.25, 0.3) is 0 Å². The number of nitriles is 1. The van der Waals surface area contributed by atoms with Gasteiger partial charge < -0.3 is 9.64 Å². The molecule has 0 spiro atoms. The van der Waals surface area contributed by atoms with Crippen LogP contribution in [0.15, 0.2) is 18.2 Å². The first-order valence-electron chi connectivity index (χ1n) is 8.13. The van der Waals surface area contributed by atoms with Gasteiger partial charge >= 0.3 is 6.09 Å². The number of likely N-dealkylation sites (tertiary alicyclic amines) is 1. The molecule has 1 aromatic rings. The van der Waals surface area contributed by atoms with E-state index in [4.69, 9.17) is 12.6 Å². The number of nitrogens with zero attached hydrogens (tertiary/aromatic N) is 2. The number of hydrogen-bond donors (Lipinski definition) is 0. The molecule has 2 radical (unpaired) electrons. The predicted molar refractivity (Wildman–Crippen MR) is 90.7 cm³/mol. The van der Waals surface area contributed by atoms with Crippen molar-refractivity contribution < 1.29 is 13.9 Å². The van der Waals surface area contributed by atoms with Crippen LogP contribution in [0, 0.1) is 23.1 Å². The normalized spacial score (nSPS) is 17.2. The molecule has 1 saturated heterocycles. The number of amides is 1. The van der Waals surface area contributed by atoms with Crippen LogP contribution < -0.4 is 5.46 Å². The molecule has 2 rings (SSSR count). The molecule has 0 aromatic heterocycles. The highest BCUT2D eigenvalue weighted by Gasteiger charge is 2.31. The number of carbonyl (C=O) groups is 1. The standard InChI is InChI=1S/C18H22BFN2O2/c1-18(2,3)24-17(23)22-8-6-12(7-9-22)14(11-21)13-4-5-15(19)16(20)10-13/h4-5,10,12,14H,6-9H2,1-3H3. The molecule has 24 heavy (non-hydrogen) atoms. The SMILES string of the molecule is [B]c1ccc(C(C#N)C2CCN(C(=O)OC(C)(C)C)CC2)cc1F. The second kappa shape index (κ2) is 7.25. The minimum Gasteiger partial charge on any atom is -0.444 e. The second-order valence-corrected chi connectivity index (χ2v) is 7.19. The molecule has 1 amide bonds. The smallest absolute Gasteiger partial charge is 0.410 e. The molecule has 1 unspecified atom stereocenters. The van der Waals surface area contributed by atoms with Gasteiger partial charge in [0.25, 0.3) is 0 Å². The third-order valence-electron chi connectivity index (χ3n) is 4.19. The van der Waals surface area contributed by atoms with Crippen LogP contribution in [0.3, 0.4) is 0 Å². The highest BCUT2D eigenvalue weighted by atomic mass is 19.1. The summed E-state index contributed by atoms with van der Waals surface area (Å²) in [6.45, 7) is 6.57. The van der Waals surface area contributed by atoms with Crippen LogP contribution in [-0.2, 0) is 4.74 Å². The minimum absolute atomic E-state index is 0.0789. The Balaban J connectivity index is 2.01. The maximum atomic E-state index is 13.7. The molecular formula is C18H22BFN2O2. The molecular weight excluding hydrogens is 306 g/mol. The molecule has 1 aliphatic rings. The zero-order chi connectivity index (χ0) is 17.9. The number of hydrogen-bond acceptors (Lipinski definition) is 3. The number of ether oxygens (including phenoxy) is 1. The van der Waals surface area contributed by atoms with Crippen molar-refractivity contribution in [1.82, 2.24) is 4.90 Å². The average molecular weight is 328 g/mol. The van der Waals surface area contributed by atoms with Gasteiger partial charge in [0.15, 0.2) is 0 Å². The summed E-state index contributed by atoms with van der Waals surface area (Å²) in [5.74, 6) is -0.823. The van der Waals surface area contributed by atoms with Crippen molar-refractivity contribution >= 4 is 19.4 Å². The van der Waals surface area contributed by atoms with Crippen LogP contribution in [0.5, 0.6) is 0 Å². The molecule has 0 aliphatic carbocycles. The Kier molecular flexibility index (Phi) is 5.53. The number of rotatable bonds is 2. The average Bonchev–Trinajstić information content (AvgIpc) is 2.50. The van der Waals surface area contributed by atoms with Crippen molar-refractivity contribution in [2.45, 2.75) is 45.1 Å². The summed E-state index contributed by atoms with van der Waals surface area (Å²) in [5, 5.41) is 9.51. The summed E-state index contributed by atoms with van der Waals surface area (Å²) < 4.78 is 19.0.